The predicted octanol–water partition coefficient (Wildman–Crippen LogP) is 2.35. The van der Waals surface area contributed by atoms with Crippen LogP contribution >= 0.6 is 11.8 Å². The molecule has 2 aromatic rings. The summed E-state index contributed by atoms with van der Waals surface area (Å²) in [6.07, 6.45) is 0.582. The number of benzene rings is 2. The van der Waals surface area contributed by atoms with Crippen LogP contribution in [0, 0.1) is 0 Å². The Bertz CT molecular complexity index is 790. The summed E-state index contributed by atoms with van der Waals surface area (Å²) in [4.78, 5) is 24.7. The SMILES string of the molecule is COc1ccc(CC2Sc3ccccc3N(CC3(O)OO3)C2=O)cc1. The number of thioether (sulfide) groups is 1. The molecule has 7 heteroatoms. The summed E-state index contributed by atoms with van der Waals surface area (Å²) in [5, 5.41) is 9.61. The molecule has 1 fully saturated rings. The summed E-state index contributed by atoms with van der Waals surface area (Å²) in [6.45, 7) is -0.0531. The molecule has 1 N–H and O–H groups in total. The molecule has 1 unspecified atom stereocenters. The zero-order valence-electron chi connectivity index (χ0n) is 13.5. The maximum atomic E-state index is 13.0. The van der Waals surface area contributed by atoms with Gasteiger partial charge in [0.2, 0.25) is 5.91 Å². The van der Waals surface area contributed by atoms with Crippen LogP contribution in [0.1, 0.15) is 5.56 Å². The van der Waals surface area contributed by atoms with E-state index in [2.05, 4.69) is 9.78 Å². The highest BCUT2D eigenvalue weighted by Crippen LogP contribution is 2.42. The number of hydrogen-bond acceptors (Lipinski definition) is 6. The average molecular weight is 359 g/mol. The van der Waals surface area contributed by atoms with Gasteiger partial charge in [-0.25, -0.2) is 0 Å². The molecule has 0 radical (unpaired) electrons. The van der Waals surface area contributed by atoms with E-state index in [1.54, 1.807) is 7.11 Å². The van der Waals surface area contributed by atoms with Crippen molar-refractivity contribution in [3.05, 3.63) is 54.1 Å². The Morgan fingerprint density at radius 3 is 2.60 bits per heavy atom. The minimum Gasteiger partial charge on any atom is -0.497 e. The van der Waals surface area contributed by atoms with E-state index in [0.717, 1.165) is 21.9 Å². The van der Waals surface area contributed by atoms with E-state index in [1.807, 2.05) is 48.5 Å². The summed E-state index contributed by atoms with van der Waals surface area (Å²) in [6, 6.07) is 15.3. The van der Waals surface area contributed by atoms with E-state index in [-0.39, 0.29) is 17.7 Å². The normalized spacial score (nSPS) is 21.0. The second-order valence-corrected chi connectivity index (χ2v) is 7.17. The summed E-state index contributed by atoms with van der Waals surface area (Å²) in [5.41, 5.74) is 1.81. The molecule has 2 heterocycles. The van der Waals surface area contributed by atoms with Crippen LogP contribution in [-0.2, 0) is 21.0 Å². The molecule has 25 heavy (non-hydrogen) atoms. The smallest absolute Gasteiger partial charge is 0.355 e. The number of rotatable bonds is 5. The minimum absolute atomic E-state index is 0.0531. The van der Waals surface area contributed by atoms with Crippen LogP contribution in [0.5, 0.6) is 5.75 Å². The summed E-state index contributed by atoms with van der Waals surface area (Å²) in [7, 11) is 1.62. The molecule has 130 valence electrons. The third-order valence-corrected chi connectivity index (χ3v) is 5.43. The van der Waals surface area contributed by atoms with E-state index < -0.39 is 5.97 Å². The summed E-state index contributed by atoms with van der Waals surface area (Å²) < 4.78 is 5.17. The highest BCUT2D eigenvalue weighted by molar-refractivity contribution is 8.01. The number of methoxy groups -OCH3 is 1. The van der Waals surface area contributed by atoms with Crippen LogP contribution in [0.25, 0.3) is 0 Å². The fourth-order valence-corrected chi connectivity index (χ4v) is 4.11. The Kier molecular flexibility index (Phi) is 4.16. The molecule has 2 aliphatic rings. The minimum atomic E-state index is -1.70. The number of hydrogen-bond donors (Lipinski definition) is 1. The molecule has 0 bridgehead atoms. The van der Waals surface area contributed by atoms with Crippen LogP contribution in [-0.4, -0.2) is 35.9 Å². The number of carbonyl (C=O) groups excluding carboxylic acids is 1. The van der Waals surface area contributed by atoms with Gasteiger partial charge in [0.25, 0.3) is 0 Å². The molecule has 1 saturated heterocycles. The summed E-state index contributed by atoms with van der Waals surface area (Å²) in [5.74, 6) is -0.995. The standard InChI is InChI=1S/C18H17NO5S/c1-22-13-8-6-12(7-9-13)10-16-17(20)19(11-18(21)23-24-18)14-4-2-3-5-15(14)25-16/h2-9,16,21H,10-11H2,1H3. The van der Waals surface area contributed by atoms with Crippen LogP contribution in [0.4, 0.5) is 5.69 Å². The zero-order chi connectivity index (χ0) is 17.4. The number of nitrogens with zero attached hydrogens (tertiary/aromatic N) is 1. The lowest BCUT2D eigenvalue weighted by atomic mass is 10.1. The first-order chi connectivity index (χ1) is 12.1. The number of anilines is 1. The monoisotopic (exact) mass is 359 g/mol. The maximum Gasteiger partial charge on any atom is 0.355 e. The van der Waals surface area contributed by atoms with Gasteiger partial charge in [0.05, 0.1) is 18.0 Å². The highest BCUT2D eigenvalue weighted by atomic mass is 32.2. The van der Waals surface area contributed by atoms with Gasteiger partial charge in [-0.2, -0.15) is 9.78 Å². The Morgan fingerprint density at radius 1 is 1.20 bits per heavy atom. The third kappa shape index (κ3) is 3.36. The largest absolute Gasteiger partial charge is 0.497 e. The van der Waals surface area contributed by atoms with Crippen LogP contribution < -0.4 is 9.64 Å². The third-order valence-electron chi connectivity index (χ3n) is 4.18. The van der Waals surface area contributed by atoms with Crippen molar-refractivity contribution in [2.45, 2.75) is 22.5 Å². The number of carbonyl (C=O) groups is 1. The second kappa shape index (κ2) is 6.34. The first kappa shape index (κ1) is 16.4. The van der Waals surface area contributed by atoms with E-state index in [1.165, 1.54) is 16.7 Å². The van der Waals surface area contributed by atoms with Crippen molar-refractivity contribution in [3.63, 3.8) is 0 Å². The average Bonchev–Trinajstić information content (AvgIpc) is 3.36. The van der Waals surface area contributed by atoms with Gasteiger partial charge < -0.3 is 14.7 Å². The quantitative estimate of drug-likeness (QED) is 0.652. The van der Waals surface area contributed by atoms with Crippen LogP contribution in [0.15, 0.2) is 53.4 Å². The molecule has 2 aromatic carbocycles. The molecule has 1 atom stereocenters. The Labute approximate surface area is 149 Å². The van der Waals surface area contributed by atoms with Gasteiger partial charge >= 0.3 is 5.97 Å². The molecule has 4 rings (SSSR count). The van der Waals surface area contributed by atoms with Gasteiger partial charge in [0.1, 0.15) is 12.3 Å². The molecule has 1 amide bonds. The van der Waals surface area contributed by atoms with Crippen molar-refractivity contribution in [3.8, 4) is 5.75 Å². The number of para-hydroxylation sites is 1. The Balaban J connectivity index is 1.59. The number of ether oxygens (including phenoxy) is 1. The lowest BCUT2D eigenvalue weighted by Gasteiger charge is -2.33. The van der Waals surface area contributed by atoms with Crippen molar-refractivity contribution in [1.82, 2.24) is 0 Å². The first-order valence-corrected chi connectivity index (χ1v) is 8.75. The highest BCUT2D eigenvalue weighted by Gasteiger charge is 2.51. The second-order valence-electron chi connectivity index (χ2n) is 5.93. The zero-order valence-corrected chi connectivity index (χ0v) is 14.4. The number of aliphatic hydroxyl groups is 1. The fraction of sp³-hybridized carbons (Fsp3) is 0.278. The van der Waals surface area contributed by atoms with Gasteiger partial charge in [0.15, 0.2) is 0 Å². The number of fused-ring (bicyclic) bond motifs is 1. The Morgan fingerprint density at radius 2 is 1.92 bits per heavy atom. The van der Waals surface area contributed by atoms with Crippen molar-refractivity contribution >= 4 is 23.4 Å². The van der Waals surface area contributed by atoms with Gasteiger partial charge in [0, 0.05) is 4.90 Å². The molecule has 2 aliphatic heterocycles. The number of β-amino-alcohol motifs (C(OH)–C–C–N with tert-alkyl or cyclic N) is 1. The fourth-order valence-electron chi connectivity index (χ4n) is 2.84. The van der Waals surface area contributed by atoms with E-state index in [0.29, 0.717) is 6.42 Å². The van der Waals surface area contributed by atoms with Crippen molar-refractivity contribution in [2.24, 2.45) is 0 Å². The lowest BCUT2D eigenvalue weighted by Crippen LogP contribution is -2.46. The predicted molar refractivity (Wildman–Crippen MR) is 92.3 cm³/mol. The molecule has 0 saturated carbocycles. The molecule has 6 nitrogen and oxygen atoms in total. The van der Waals surface area contributed by atoms with Crippen LogP contribution in [0.2, 0.25) is 0 Å². The molecular weight excluding hydrogens is 342 g/mol. The topological polar surface area (TPSA) is 74.8 Å². The molecule has 0 aliphatic carbocycles. The van der Waals surface area contributed by atoms with Gasteiger partial charge in [-0.15, -0.1) is 11.8 Å². The Hall–Kier alpha value is -2.06. The summed E-state index contributed by atoms with van der Waals surface area (Å²) >= 11 is 1.53. The van der Waals surface area contributed by atoms with Crippen molar-refractivity contribution < 1.29 is 24.4 Å². The van der Waals surface area contributed by atoms with Crippen LogP contribution in [0.3, 0.4) is 0 Å². The molecule has 0 spiro atoms. The van der Waals surface area contributed by atoms with Gasteiger partial charge in [-0.3, -0.25) is 4.79 Å². The maximum absolute atomic E-state index is 13.0. The van der Waals surface area contributed by atoms with E-state index in [4.69, 9.17) is 4.74 Å². The van der Waals surface area contributed by atoms with E-state index in [9.17, 15) is 9.90 Å². The van der Waals surface area contributed by atoms with Crippen molar-refractivity contribution in [2.75, 3.05) is 18.6 Å². The first-order valence-electron chi connectivity index (χ1n) is 7.87. The van der Waals surface area contributed by atoms with Gasteiger partial charge in [-0.05, 0) is 36.2 Å². The molecular formula is C18H17NO5S. The van der Waals surface area contributed by atoms with Gasteiger partial charge in [-0.1, -0.05) is 24.3 Å². The molecule has 0 aromatic heterocycles. The number of amides is 1. The van der Waals surface area contributed by atoms with Crippen molar-refractivity contribution in [1.29, 1.82) is 0 Å². The lowest BCUT2D eigenvalue weighted by molar-refractivity contribution is -0.119. The van der Waals surface area contributed by atoms with E-state index >= 15 is 0 Å².